The van der Waals surface area contributed by atoms with Gasteiger partial charge in [-0.2, -0.15) is 0 Å². The summed E-state index contributed by atoms with van der Waals surface area (Å²) in [4.78, 5) is 0. The van der Waals surface area contributed by atoms with E-state index in [1.807, 2.05) is 12.1 Å². The molecule has 1 saturated carbocycles. The van der Waals surface area contributed by atoms with Crippen LogP contribution in [0.4, 0.5) is 0 Å². The Hall–Kier alpha value is -0.240. The molecule has 94 valence electrons. The molecule has 0 radical (unpaired) electrons. The summed E-state index contributed by atoms with van der Waals surface area (Å²) >= 11 is 12.3. The zero-order chi connectivity index (χ0) is 12.4. The standard InChI is InChI=1S/C14H19Cl2N/c1-3-17-13(11-7-9(11)2)8-10-5-4-6-12(15)14(10)16/h4-6,9,11,13,17H,3,7-8H2,1-2H3. The Labute approximate surface area is 114 Å². The Morgan fingerprint density at radius 2 is 2.12 bits per heavy atom. The number of halogens is 2. The van der Waals surface area contributed by atoms with E-state index >= 15 is 0 Å². The van der Waals surface area contributed by atoms with Crippen LogP contribution in [0.1, 0.15) is 25.8 Å². The van der Waals surface area contributed by atoms with Gasteiger partial charge in [0.2, 0.25) is 0 Å². The summed E-state index contributed by atoms with van der Waals surface area (Å²) in [7, 11) is 0. The van der Waals surface area contributed by atoms with Crippen LogP contribution >= 0.6 is 23.2 Å². The molecule has 1 aliphatic carbocycles. The maximum Gasteiger partial charge on any atom is 0.0624 e. The second-order valence-electron chi connectivity index (χ2n) is 4.96. The van der Waals surface area contributed by atoms with Crippen molar-refractivity contribution >= 4 is 23.2 Å². The third-order valence-electron chi connectivity index (χ3n) is 3.63. The van der Waals surface area contributed by atoms with E-state index in [0.29, 0.717) is 16.1 Å². The van der Waals surface area contributed by atoms with Gasteiger partial charge in [-0.15, -0.1) is 0 Å². The van der Waals surface area contributed by atoms with Crippen LogP contribution < -0.4 is 5.32 Å². The molecule has 0 saturated heterocycles. The number of likely N-dealkylation sites (N-methyl/N-ethyl adjacent to an activating group) is 1. The van der Waals surface area contributed by atoms with Gasteiger partial charge in [0.1, 0.15) is 0 Å². The predicted molar refractivity (Wildman–Crippen MR) is 74.9 cm³/mol. The lowest BCUT2D eigenvalue weighted by Gasteiger charge is -2.19. The molecule has 0 heterocycles. The van der Waals surface area contributed by atoms with Crippen molar-refractivity contribution in [3.8, 4) is 0 Å². The minimum atomic E-state index is 0.533. The molecule has 0 amide bonds. The number of benzene rings is 1. The van der Waals surface area contributed by atoms with Gasteiger partial charge in [0, 0.05) is 6.04 Å². The summed E-state index contributed by atoms with van der Waals surface area (Å²) in [6.07, 6.45) is 2.30. The smallest absolute Gasteiger partial charge is 0.0624 e. The lowest BCUT2D eigenvalue weighted by molar-refractivity contribution is 0.454. The van der Waals surface area contributed by atoms with Crippen LogP contribution in [-0.4, -0.2) is 12.6 Å². The Bertz CT molecular complexity index is 392. The number of hydrogen-bond acceptors (Lipinski definition) is 1. The molecular formula is C14H19Cl2N. The number of hydrogen-bond donors (Lipinski definition) is 1. The molecule has 3 atom stereocenters. The molecule has 2 rings (SSSR count). The summed E-state index contributed by atoms with van der Waals surface area (Å²) in [6, 6.07) is 6.43. The quantitative estimate of drug-likeness (QED) is 0.848. The molecule has 17 heavy (non-hydrogen) atoms. The largest absolute Gasteiger partial charge is 0.314 e. The van der Waals surface area contributed by atoms with Gasteiger partial charge in [0.05, 0.1) is 10.0 Å². The fraction of sp³-hybridized carbons (Fsp3) is 0.571. The van der Waals surface area contributed by atoms with Crippen molar-refractivity contribution in [3.05, 3.63) is 33.8 Å². The Balaban J connectivity index is 2.09. The van der Waals surface area contributed by atoms with Crippen LogP contribution in [0.3, 0.4) is 0 Å². The first-order chi connectivity index (χ1) is 8.13. The van der Waals surface area contributed by atoms with Crippen molar-refractivity contribution in [2.45, 2.75) is 32.7 Å². The average Bonchev–Trinajstić information content (AvgIpc) is 3.01. The lowest BCUT2D eigenvalue weighted by Crippen LogP contribution is -2.33. The molecule has 3 heteroatoms. The third kappa shape index (κ3) is 3.15. The Morgan fingerprint density at radius 3 is 2.71 bits per heavy atom. The molecule has 1 aromatic carbocycles. The first kappa shape index (κ1) is 13.2. The Kier molecular flexibility index (Phi) is 4.35. The zero-order valence-corrected chi connectivity index (χ0v) is 11.9. The fourth-order valence-corrected chi connectivity index (χ4v) is 2.89. The minimum absolute atomic E-state index is 0.533. The van der Waals surface area contributed by atoms with Gasteiger partial charge < -0.3 is 5.32 Å². The van der Waals surface area contributed by atoms with E-state index in [4.69, 9.17) is 23.2 Å². The Morgan fingerprint density at radius 1 is 1.41 bits per heavy atom. The molecular weight excluding hydrogens is 253 g/mol. The normalized spacial score (nSPS) is 24.7. The summed E-state index contributed by atoms with van der Waals surface area (Å²) in [5, 5.41) is 4.94. The van der Waals surface area contributed by atoms with Gasteiger partial charge in [-0.25, -0.2) is 0 Å². The van der Waals surface area contributed by atoms with E-state index in [9.17, 15) is 0 Å². The molecule has 0 aliphatic heterocycles. The zero-order valence-electron chi connectivity index (χ0n) is 10.3. The molecule has 3 unspecified atom stereocenters. The van der Waals surface area contributed by atoms with Crippen LogP contribution in [0.25, 0.3) is 0 Å². The highest BCUT2D eigenvalue weighted by molar-refractivity contribution is 6.42. The van der Waals surface area contributed by atoms with Gasteiger partial charge in [0.25, 0.3) is 0 Å². The molecule has 0 aromatic heterocycles. The highest BCUT2D eigenvalue weighted by Crippen LogP contribution is 2.42. The average molecular weight is 272 g/mol. The van der Waals surface area contributed by atoms with Crippen LogP contribution in [-0.2, 0) is 6.42 Å². The molecule has 0 spiro atoms. The first-order valence-electron chi connectivity index (χ1n) is 6.29. The second kappa shape index (κ2) is 5.60. The second-order valence-corrected chi connectivity index (χ2v) is 5.74. The van der Waals surface area contributed by atoms with E-state index in [0.717, 1.165) is 30.4 Å². The SMILES string of the molecule is CCNC(Cc1cccc(Cl)c1Cl)C1CC1C. The molecule has 1 nitrogen and oxygen atoms in total. The predicted octanol–water partition coefficient (Wildman–Crippen LogP) is 4.17. The van der Waals surface area contributed by atoms with Crippen molar-refractivity contribution in [1.82, 2.24) is 5.32 Å². The summed E-state index contributed by atoms with van der Waals surface area (Å²) < 4.78 is 0. The lowest BCUT2D eigenvalue weighted by atomic mass is 10.0. The van der Waals surface area contributed by atoms with Gasteiger partial charge in [-0.05, 0) is 42.9 Å². The van der Waals surface area contributed by atoms with E-state index in [1.54, 1.807) is 0 Å². The van der Waals surface area contributed by atoms with Crippen molar-refractivity contribution < 1.29 is 0 Å². The molecule has 1 fully saturated rings. The van der Waals surface area contributed by atoms with Crippen molar-refractivity contribution in [3.63, 3.8) is 0 Å². The molecule has 1 aliphatic rings. The van der Waals surface area contributed by atoms with Gasteiger partial charge in [-0.1, -0.05) is 49.2 Å². The third-order valence-corrected chi connectivity index (χ3v) is 4.48. The minimum Gasteiger partial charge on any atom is -0.314 e. The highest BCUT2D eigenvalue weighted by atomic mass is 35.5. The van der Waals surface area contributed by atoms with Crippen molar-refractivity contribution in [1.29, 1.82) is 0 Å². The first-order valence-corrected chi connectivity index (χ1v) is 7.05. The van der Waals surface area contributed by atoms with E-state index in [1.165, 1.54) is 6.42 Å². The van der Waals surface area contributed by atoms with Crippen LogP contribution in [0.15, 0.2) is 18.2 Å². The van der Waals surface area contributed by atoms with E-state index in [-0.39, 0.29) is 0 Å². The monoisotopic (exact) mass is 271 g/mol. The summed E-state index contributed by atoms with van der Waals surface area (Å²) in [5.41, 5.74) is 1.16. The van der Waals surface area contributed by atoms with Crippen molar-refractivity contribution in [2.75, 3.05) is 6.54 Å². The van der Waals surface area contributed by atoms with Crippen LogP contribution in [0.5, 0.6) is 0 Å². The maximum atomic E-state index is 6.24. The van der Waals surface area contributed by atoms with E-state index < -0.39 is 0 Å². The topological polar surface area (TPSA) is 12.0 Å². The highest BCUT2D eigenvalue weighted by Gasteiger charge is 2.39. The maximum absolute atomic E-state index is 6.24. The fourth-order valence-electron chi connectivity index (χ4n) is 2.49. The molecule has 1 N–H and O–H groups in total. The summed E-state index contributed by atoms with van der Waals surface area (Å²) in [6.45, 7) is 5.47. The molecule has 1 aromatic rings. The number of nitrogens with one attached hydrogen (secondary N) is 1. The van der Waals surface area contributed by atoms with Gasteiger partial charge in [-0.3, -0.25) is 0 Å². The summed E-state index contributed by atoms with van der Waals surface area (Å²) in [5.74, 6) is 1.64. The van der Waals surface area contributed by atoms with Crippen molar-refractivity contribution in [2.24, 2.45) is 11.8 Å². The number of rotatable bonds is 5. The van der Waals surface area contributed by atoms with E-state index in [2.05, 4.69) is 25.2 Å². The van der Waals surface area contributed by atoms with Crippen LogP contribution in [0, 0.1) is 11.8 Å². The van der Waals surface area contributed by atoms with Crippen LogP contribution in [0.2, 0.25) is 10.0 Å². The molecule has 0 bridgehead atoms. The van der Waals surface area contributed by atoms with Gasteiger partial charge in [0.15, 0.2) is 0 Å². The van der Waals surface area contributed by atoms with Gasteiger partial charge >= 0.3 is 0 Å².